The summed E-state index contributed by atoms with van der Waals surface area (Å²) in [5.41, 5.74) is 6.11. The first-order valence-corrected chi connectivity index (χ1v) is 29.0. The molecule has 19 heteroatoms. The van der Waals surface area contributed by atoms with E-state index in [0.717, 1.165) is 58.1 Å². The minimum absolute atomic E-state index is 0.0134. The molecule has 4 aromatic heterocycles. The molecule has 82 heavy (non-hydrogen) atoms. The van der Waals surface area contributed by atoms with Crippen molar-refractivity contribution < 1.29 is 41.8 Å². The molecule has 2 N–H and O–H groups in total. The van der Waals surface area contributed by atoms with E-state index in [-0.39, 0.29) is 47.7 Å². The van der Waals surface area contributed by atoms with Crippen molar-refractivity contribution >= 4 is 80.7 Å². The summed E-state index contributed by atoms with van der Waals surface area (Å²) in [7, 11) is 1.69. The molecule has 4 aliphatic rings. The second-order valence-electron chi connectivity index (χ2n) is 20.8. The zero-order valence-corrected chi connectivity index (χ0v) is 47.0. The molecule has 4 aromatic carbocycles. The quantitative estimate of drug-likeness (QED) is 0.128. The SMILES string of the molecule is COC[C@@H]1CCCN1c1cccc(C(=O)N2CCc3cc(C(=O)Nc4c(C)cc(-c5ccc(C(=O)N6CCc7cc(C(=O)Nc8c(C)cccc8F)sc7-c7cccc(F)c76)nc5N5CCCOCC5)cc4F)sc3-c3ccccc32)n1. The van der Waals surface area contributed by atoms with Crippen molar-refractivity contribution in [1.82, 2.24) is 9.97 Å². The molecule has 12 rings (SSSR count). The summed E-state index contributed by atoms with van der Waals surface area (Å²) in [5.74, 6) is -2.46. The summed E-state index contributed by atoms with van der Waals surface area (Å²) >= 11 is 2.43. The first-order valence-electron chi connectivity index (χ1n) is 27.4. The molecule has 418 valence electrons. The molecule has 0 saturated carbocycles. The number of para-hydroxylation sites is 3. The monoisotopic (exact) mass is 1140 g/mol. The number of thiophene rings is 2. The Balaban J connectivity index is 0.796. The fraction of sp³-hybridized carbons (Fsp3) is 0.270. The molecular formula is C63H57F3N8O6S2. The number of pyridine rings is 2. The number of fused-ring (bicyclic) bond motifs is 6. The van der Waals surface area contributed by atoms with Gasteiger partial charge < -0.3 is 39.7 Å². The zero-order valence-electron chi connectivity index (χ0n) is 45.3. The number of anilines is 6. The Bertz CT molecular complexity index is 3800. The van der Waals surface area contributed by atoms with Crippen LogP contribution in [-0.4, -0.2) is 99.3 Å². The molecule has 4 aliphatic heterocycles. The minimum Gasteiger partial charge on any atom is -0.383 e. The number of ether oxygens (including phenoxy) is 2. The van der Waals surface area contributed by atoms with E-state index in [4.69, 9.17) is 19.4 Å². The molecule has 0 aliphatic carbocycles. The van der Waals surface area contributed by atoms with Gasteiger partial charge in [0.15, 0.2) is 0 Å². The van der Waals surface area contributed by atoms with Gasteiger partial charge >= 0.3 is 0 Å². The standard InChI is InChI=1S/C63H57F3N8O6S2/c1-36-11-6-15-45(64)54(36)69-60(75)52-34-39-23-27-74(56-44(58(39)82-52)14-7-16-46(56)65)63(78)49-21-20-42(59(68-49)71-24-10-29-80-30-28-71)40-31-37(2)55(47(66)32-40)70-61(76)51-33-38-22-26-73(50-18-5-4-13-43(50)57(38)81-51)62(77)48-17-8-19-53(67-48)72-25-9-12-41(72)35-79-3/h4-8,11,13-21,31-34,41H,9-10,12,22-30,35H2,1-3H3,(H,69,75)(H,70,76)/t41-/m0/s1. The van der Waals surface area contributed by atoms with Crippen LogP contribution in [0.4, 0.5) is 47.6 Å². The van der Waals surface area contributed by atoms with Gasteiger partial charge in [0, 0.05) is 72.9 Å². The van der Waals surface area contributed by atoms with Crippen LogP contribution < -0.4 is 30.2 Å². The van der Waals surface area contributed by atoms with Crippen molar-refractivity contribution in [1.29, 1.82) is 0 Å². The molecule has 1 atom stereocenters. The van der Waals surface area contributed by atoms with Crippen LogP contribution in [0.5, 0.6) is 0 Å². The number of nitrogens with zero attached hydrogens (tertiary/aromatic N) is 6. The van der Waals surface area contributed by atoms with Crippen molar-refractivity contribution in [3.8, 4) is 32.0 Å². The Kier molecular flexibility index (Phi) is 15.2. The number of hydrogen-bond donors (Lipinski definition) is 2. The molecule has 4 amide bonds. The molecule has 2 fully saturated rings. The number of methoxy groups -OCH3 is 1. The number of aromatic nitrogens is 2. The van der Waals surface area contributed by atoms with Crippen molar-refractivity contribution in [3.63, 3.8) is 0 Å². The molecule has 0 radical (unpaired) electrons. The molecule has 2 saturated heterocycles. The van der Waals surface area contributed by atoms with Crippen LogP contribution in [0.3, 0.4) is 0 Å². The van der Waals surface area contributed by atoms with E-state index < -0.39 is 35.2 Å². The predicted molar refractivity (Wildman–Crippen MR) is 316 cm³/mol. The minimum atomic E-state index is -0.671. The lowest BCUT2D eigenvalue weighted by Gasteiger charge is -2.27. The Hall–Kier alpha value is -8.23. The summed E-state index contributed by atoms with van der Waals surface area (Å²) in [6.45, 7) is 7.12. The number of aryl methyl sites for hydroxylation is 2. The number of nitrogens with one attached hydrogen (secondary N) is 2. The number of carbonyl (C=O) groups is 4. The third kappa shape index (κ3) is 10.4. The van der Waals surface area contributed by atoms with E-state index in [0.29, 0.717) is 112 Å². The van der Waals surface area contributed by atoms with Gasteiger partial charge in [-0.3, -0.25) is 19.2 Å². The fourth-order valence-electron chi connectivity index (χ4n) is 11.6. The van der Waals surface area contributed by atoms with Crippen LogP contribution in [0.2, 0.25) is 0 Å². The van der Waals surface area contributed by atoms with Gasteiger partial charge in [-0.05, 0) is 140 Å². The van der Waals surface area contributed by atoms with E-state index in [1.807, 2.05) is 47.4 Å². The van der Waals surface area contributed by atoms with E-state index in [1.165, 1.54) is 34.4 Å². The topological polar surface area (TPSA) is 150 Å². The van der Waals surface area contributed by atoms with Gasteiger partial charge in [-0.25, -0.2) is 23.1 Å². The zero-order chi connectivity index (χ0) is 56.8. The van der Waals surface area contributed by atoms with E-state index in [1.54, 1.807) is 80.5 Å². The average Bonchev–Trinajstić information content (AvgIpc) is 4.35. The number of hydrogen-bond acceptors (Lipinski definition) is 12. The van der Waals surface area contributed by atoms with Gasteiger partial charge in [-0.2, -0.15) is 0 Å². The lowest BCUT2D eigenvalue weighted by molar-refractivity contribution is 0.0974. The summed E-state index contributed by atoms with van der Waals surface area (Å²) < 4.78 is 59.0. The van der Waals surface area contributed by atoms with Gasteiger partial charge in [0.2, 0.25) is 0 Å². The Labute approximate surface area is 480 Å². The lowest BCUT2D eigenvalue weighted by Crippen LogP contribution is -2.35. The first kappa shape index (κ1) is 54.4. The highest BCUT2D eigenvalue weighted by atomic mass is 32.1. The van der Waals surface area contributed by atoms with Crippen molar-refractivity contribution in [2.24, 2.45) is 0 Å². The average molecular weight is 1140 g/mol. The lowest BCUT2D eigenvalue weighted by atomic mass is 10.0. The number of benzene rings is 4. The van der Waals surface area contributed by atoms with Crippen molar-refractivity contribution in [2.75, 3.05) is 89.9 Å². The molecule has 0 spiro atoms. The van der Waals surface area contributed by atoms with Gasteiger partial charge in [0.25, 0.3) is 23.6 Å². The van der Waals surface area contributed by atoms with E-state index >= 15 is 8.78 Å². The van der Waals surface area contributed by atoms with Crippen molar-refractivity contribution in [3.05, 3.63) is 176 Å². The number of halogens is 3. The van der Waals surface area contributed by atoms with Crippen LogP contribution in [0, 0.1) is 31.3 Å². The normalized spacial score (nSPS) is 15.9. The molecule has 8 aromatic rings. The Morgan fingerprint density at radius 1 is 0.634 bits per heavy atom. The third-order valence-electron chi connectivity index (χ3n) is 15.6. The highest BCUT2D eigenvalue weighted by Gasteiger charge is 2.34. The van der Waals surface area contributed by atoms with Crippen LogP contribution in [-0.2, 0) is 22.3 Å². The highest BCUT2D eigenvalue weighted by molar-refractivity contribution is 7.18. The summed E-state index contributed by atoms with van der Waals surface area (Å²) in [4.78, 5) is 76.3. The van der Waals surface area contributed by atoms with Crippen LogP contribution in [0.15, 0.2) is 115 Å². The molecule has 0 bridgehead atoms. The van der Waals surface area contributed by atoms with Gasteiger partial charge in [0.05, 0.1) is 51.8 Å². The van der Waals surface area contributed by atoms with Gasteiger partial charge in [0.1, 0.15) is 40.5 Å². The highest BCUT2D eigenvalue weighted by Crippen LogP contribution is 2.45. The Morgan fingerprint density at radius 2 is 1.30 bits per heavy atom. The molecule has 0 unspecified atom stereocenters. The maximum Gasteiger partial charge on any atom is 0.277 e. The maximum atomic E-state index is 16.7. The van der Waals surface area contributed by atoms with Crippen LogP contribution in [0.1, 0.15) is 81.8 Å². The van der Waals surface area contributed by atoms with E-state index in [9.17, 15) is 23.6 Å². The molecule has 8 heterocycles. The van der Waals surface area contributed by atoms with E-state index in [2.05, 4.69) is 15.5 Å². The number of amides is 4. The Morgan fingerprint density at radius 3 is 2.06 bits per heavy atom. The number of carbonyl (C=O) groups excluding carboxylic acids is 4. The summed E-state index contributed by atoms with van der Waals surface area (Å²) in [5, 5.41) is 5.55. The van der Waals surface area contributed by atoms with Gasteiger partial charge in [-0.1, -0.05) is 48.5 Å². The maximum absolute atomic E-state index is 16.7. The van der Waals surface area contributed by atoms with Crippen LogP contribution in [0.25, 0.3) is 32.0 Å². The van der Waals surface area contributed by atoms with Crippen molar-refractivity contribution in [2.45, 2.75) is 52.0 Å². The summed E-state index contributed by atoms with van der Waals surface area (Å²) in [6.07, 6.45) is 3.42. The number of rotatable bonds is 11. The van der Waals surface area contributed by atoms with Gasteiger partial charge in [-0.15, -0.1) is 22.7 Å². The largest absolute Gasteiger partial charge is 0.383 e. The predicted octanol–water partition coefficient (Wildman–Crippen LogP) is 12.4. The molecular weight excluding hydrogens is 1090 g/mol. The van der Waals surface area contributed by atoms with Crippen LogP contribution >= 0.6 is 22.7 Å². The second kappa shape index (κ2) is 23.0. The third-order valence-corrected chi connectivity index (χ3v) is 18.0. The fourth-order valence-corrected chi connectivity index (χ4v) is 13.8. The smallest absolute Gasteiger partial charge is 0.277 e. The second-order valence-corrected chi connectivity index (χ2v) is 22.9. The first-order chi connectivity index (χ1) is 39.8. The summed E-state index contributed by atoms with van der Waals surface area (Å²) in [6, 6.07) is 32.4. The molecule has 14 nitrogen and oxygen atoms in total.